The highest BCUT2D eigenvalue weighted by Gasteiger charge is 2.19. The number of anilines is 1. The number of amides is 1. The second-order valence-corrected chi connectivity index (χ2v) is 9.50. The molecule has 168 valence electrons. The zero-order valence-electron chi connectivity index (χ0n) is 18.5. The number of carbonyl (C=O) groups is 1. The maximum absolute atomic E-state index is 13.0. The van der Waals surface area contributed by atoms with Crippen LogP contribution in [-0.4, -0.2) is 40.1 Å². The molecule has 1 aliphatic rings. The van der Waals surface area contributed by atoms with Crippen molar-refractivity contribution in [2.45, 2.75) is 25.9 Å². The number of nitrogens with zero attached hydrogens (tertiary/aromatic N) is 2. The third-order valence-electron chi connectivity index (χ3n) is 6.07. The number of fused-ring (bicyclic) bond motifs is 1. The number of likely N-dealkylation sites (tertiary alicyclic amines) is 1. The molecule has 0 spiro atoms. The fourth-order valence-electron chi connectivity index (χ4n) is 4.28. The number of carbonyl (C=O) groups excluding carboxylic acids is 1. The van der Waals surface area contributed by atoms with Gasteiger partial charge in [-0.2, -0.15) is 5.10 Å². The van der Waals surface area contributed by atoms with Crippen LogP contribution in [-0.2, 0) is 6.54 Å². The van der Waals surface area contributed by atoms with Gasteiger partial charge in [0.1, 0.15) is 0 Å². The summed E-state index contributed by atoms with van der Waals surface area (Å²) in [6.45, 7) is 4.69. The summed E-state index contributed by atoms with van der Waals surface area (Å²) in [4.78, 5) is 16.1. The Balaban J connectivity index is 1.45. The molecule has 7 heteroatoms. The average Bonchev–Trinajstić information content (AvgIpc) is 3.53. The van der Waals surface area contributed by atoms with Crippen molar-refractivity contribution in [1.29, 1.82) is 0 Å². The Morgan fingerprint density at radius 2 is 2.15 bits per heavy atom. The van der Waals surface area contributed by atoms with E-state index in [0.29, 0.717) is 0 Å². The van der Waals surface area contributed by atoms with Gasteiger partial charge in [-0.05, 0) is 59.7 Å². The minimum atomic E-state index is -0.0808. The Morgan fingerprint density at radius 3 is 2.94 bits per heavy atom. The topological polar surface area (TPSA) is 87.0 Å². The highest BCUT2D eigenvalue weighted by atomic mass is 32.1. The standard InChI is InChI=1S/C26H27N5OS/c1-17-11-13-33-25(17)26(32)28-24-14-18(15-31-12-10-20(27)16-31)6-7-19(24)8-9-23-21-4-2-3-5-22(21)29-30-23/h2-9,11,13-14,20H,10,12,15-16,27H2,1H3,(H,28,32)(H,29,30)/t20-/m1/s1. The van der Waals surface area contributed by atoms with Gasteiger partial charge < -0.3 is 11.1 Å². The van der Waals surface area contributed by atoms with Gasteiger partial charge in [0.05, 0.1) is 16.1 Å². The number of benzene rings is 2. The van der Waals surface area contributed by atoms with E-state index in [1.54, 1.807) is 0 Å². The second-order valence-electron chi connectivity index (χ2n) is 8.58. The monoisotopic (exact) mass is 457 g/mol. The SMILES string of the molecule is Cc1ccsc1C(=O)Nc1cc(CN2CC[C@@H](N)C2)ccc1C=Cc1n[nH]c2ccccc12. The number of hydrogen-bond donors (Lipinski definition) is 3. The zero-order valence-corrected chi connectivity index (χ0v) is 19.4. The average molecular weight is 458 g/mol. The molecule has 0 unspecified atom stereocenters. The van der Waals surface area contributed by atoms with E-state index in [0.717, 1.165) is 69.9 Å². The van der Waals surface area contributed by atoms with Crippen LogP contribution in [0, 0.1) is 6.92 Å². The van der Waals surface area contributed by atoms with Crippen LogP contribution in [0.2, 0.25) is 0 Å². The number of aromatic amines is 1. The van der Waals surface area contributed by atoms with Crippen molar-refractivity contribution in [3.63, 3.8) is 0 Å². The van der Waals surface area contributed by atoms with Crippen LogP contribution < -0.4 is 11.1 Å². The largest absolute Gasteiger partial charge is 0.326 e. The van der Waals surface area contributed by atoms with E-state index in [-0.39, 0.29) is 11.9 Å². The molecule has 1 aliphatic heterocycles. The maximum atomic E-state index is 13.0. The third-order valence-corrected chi connectivity index (χ3v) is 7.09. The van der Waals surface area contributed by atoms with E-state index in [9.17, 15) is 4.79 Å². The van der Waals surface area contributed by atoms with E-state index in [2.05, 4.69) is 38.6 Å². The van der Waals surface area contributed by atoms with Crippen LogP contribution in [0.5, 0.6) is 0 Å². The first-order valence-corrected chi connectivity index (χ1v) is 12.0. The number of rotatable bonds is 6. The number of para-hydroxylation sites is 1. The smallest absolute Gasteiger partial charge is 0.266 e. The summed E-state index contributed by atoms with van der Waals surface area (Å²) in [6, 6.07) is 16.5. The molecule has 3 heterocycles. The van der Waals surface area contributed by atoms with Gasteiger partial charge in [-0.3, -0.25) is 14.8 Å². The van der Waals surface area contributed by atoms with Gasteiger partial charge in [0.25, 0.3) is 5.91 Å². The molecular weight excluding hydrogens is 430 g/mol. The zero-order chi connectivity index (χ0) is 22.8. The molecule has 0 aliphatic carbocycles. The number of H-pyrrole nitrogens is 1. The molecule has 4 N–H and O–H groups in total. The molecule has 1 amide bonds. The van der Waals surface area contributed by atoms with Crippen molar-refractivity contribution in [3.8, 4) is 0 Å². The summed E-state index contributed by atoms with van der Waals surface area (Å²) in [5, 5.41) is 13.6. The molecule has 4 aromatic rings. The minimum Gasteiger partial charge on any atom is -0.326 e. The Hall–Kier alpha value is -3.26. The van der Waals surface area contributed by atoms with Gasteiger partial charge in [0, 0.05) is 36.7 Å². The Labute approximate surface area is 197 Å². The molecule has 1 fully saturated rings. The predicted molar refractivity (Wildman–Crippen MR) is 136 cm³/mol. The summed E-state index contributed by atoms with van der Waals surface area (Å²) < 4.78 is 0. The van der Waals surface area contributed by atoms with E-state index < -0.39 is 0 Å². The molecule has 5 rings (SSSR count). The minimum absolute atomic E-state index is 0.0808. The molecule has 0 radical (unpaired) electrons. The van der Waals surface area contributed by atoms with Crippen molar-refractivity contribution in [2.24, 2.45) is 5.73 Å². The fourth-order valence-corrected chi connectivity index (χ4v) is 5.10. The van der Waals surface area contributed by atoms with E-state index in [4.69, 9.17) is 5.73 Å². The van der Waals surface area contributed by atoms with E-state index >= 15 is 0 Å². The fraction of sp³-hybridized carbons (Fsp3) is 0.231. The van der Waals surface area contributed by atoms with Gasteiger partial charge in [-0.25, -0.2) is 0 Å². The first-order chi connectivity index (χ1) is 16.1. The van der Waals surface area contributed by atoms with Crippen molar-refractivity contribution < 1.29 is 4.79 Å². The molecule has 6 nitrogen and oxygen atoms in total. The summed E-state index contributed by atoms with van der Waals surface area (Å²) in [5.74, 6) is -0.0808. The Kier molecular flexibility index (Phi) is 6.09. The van der Waals surface area contributed by atoms with Crippen LogP contribution in [0.15, 0.2) is 53.9 Å². The summed E-state index contributed by atoms with van der Waals surface area (Å²) in [6.07, 6.45) is 5.02. The molecule has 2 aromatic carbocycles. The molecule has 0 bridgehead atoms. The van der Waals surface area contributed by atoms with Gasteiger partial charge >= 0.3 is 0 Å². The normalized spacial score (nSPS) is 16.7. The highest BCUT2D eigenvalue weighted by molar-refractivity contribution is 7.12. The van der Waals surface area contributed by atoms with Crippen LogP contribution in [0.1, 0.15) is 38.5 Å². The second kappa shape index (κ2) is 9.31. The highest BCUT2D eigenvalue weighted by Crippen LogP contribution is 2.26. The van der Waals surface area contributed by atoms with Crippen LogP contribution in [0.4, 0.5) is 5.69 Å². The number of thiophene rings is 1. The first-order valence-electron chi connectivity index (χ1n) is 11.1. The summed E-state index contributed by atoms with van der Waals surface area (Å²) in [5.41, 5.74) is 11.8. The molecule has 1 saturated heterocycles. The Morgan fingerprint density at radius 1 is 1.27 bits per heavy atom. The lowest BCUT2D eigenvalue weighted by Crippen LogP contribution is -2.26. The molecular formula is C26H27N5OS. The van der Waals surface area contributed by atoms with Crippen LogP contribution in [0.3, 0.4) is 0 Å². The number of aryl methyl sites for hydroxylation is 1. The van der Waals surface area contributed by atoms with Gasteiger partial charge in [-0.15, -0.1) is 11.3 Å². The van der Waals surface area contributed by atoms with Crippen molar-refractivity contribution >= 4 is 46.0 Å². The lowest BCUT2D eigenvalue weighted by atomic mass is 10.1. The number of aromatic nitrogens is 2. The third kappa shape index (κ3) is 4.75. The lowest BCUT2D eigenvalue weighted by molar-refractivity contribution is 0.103. The predicted octanol–water partition coefficient (Wildman–Crippen LogP) is 4.89. The van der Waals surface area contributed by atoms with Crippen LogP contribution in [0.25, 0.3) is 23.1 Å². The summed E-state index contributed by atoms with van der Waals surface area (Å²) >= 11 is 1.46. The number of hydrogen-bond acceptors (Lipinski definition) is 5. The van der Waals surface area contributed by atoms with Gasteiger partial charge in [0.15, 0.2) is 0 Å². The molecule has 0 saturated carbocycles. The molecule has 2 aromatic heterocycles. The molecule has 33 heavy (non-hydrogen) atoms. The Bertz CT molecular complexity index is 1320. The van der Waals surface area contributed by atoms with Crippen LogP contribution >= 0.6 is 11.3 Å². The number of nitrogens with one attached hydrogen (secondary N) is 2. The van der Waals surface area contributed by atoms with E-state index in [1.165, 1.54) is 11.3 Å². The lowest BCUT2D eigenvalue weighted by Gasteiger charge is -2.17. The van der Waals surface area contributed by atoms with E-state index in [1.807, 2.05) is 54.8 Å². The van der Waals surface area contributed by atoms with Crippen molar-refractivity contribution in [1.82, 2.24) is 15.1 Å². The number of nitrogens with two attached hydrogens (primary N) is 1. The van der Waals surface area contributed by atoms with Crippen molar-refractivity contribution in [3.05, 3.63) is 81.2 Å². The van der Waals surface area contributed by atoms with Gasteiger partial charge in [0.2, 0.25) is 0 Å². The summed E-state index contributed by atoms with van der Waals surface area (Å²) in [7, 11) is 0. The van der Waals surface area contributed by atoms with Gasteiger partial charge in [-0.1, -0.05) is 36.4 Å². The molecule has 1 atom stereocenters. The van der Waals surface area contributed by atoms with Crippen molar-refractivity contribution in [2.75, 3.05) is 18.4 Å². The maximum Gasteiger partial charge on any atom is 0.266 e. The quantitative estimate of drug-likeness (QED) is 0.385. The first kappa shape index (κ1) is 21.6.